The third kappa shape index (κ3) is 4.92. The van der Waals surface area contributed by atoms with Gasteiger partial charge in [-0.25, -0.2) is 4.98 Å². The van der Waals surface area contributed by atoms with Crippen molar-refractivity contribution < 1.29 is 14.3 Å². The molecule has 30 heavy (non-hydrogen) atoms. The number of aryl methyl sites for hydroxylation is 1. The van der Waals surface area contributed by atoms with Crippen LogP contribution in [0.4, 0.5) is 5.82 Å². The highest BCUT2D eigenvalue weighted by Crippen LogP contribution is 2.33. The first kappa shape index (κ1) is 22.1. The highest BCUT2D eigenvalue weighted by molar-refractivity contribution is 6.36. The van der Waals surface area contributed by atoms with E-state index in [1.54, 1.807) is 7.11 Å². The molecule has 3 aromatic rings. The summed E-state index contributed by atoms with van der Waals surface area (Å²) in [6, 6.07) is 3.71. The Morgan fingerprint density at radius 3 is 2.67 bits per heavy atom. The van der Waals surface area contributed by atoms with Gasteiger partial charge in [-0.2, -0.15) is 0 Å². The fourth-order valence-corrected chi connectivity index (χ4v) is 3.51. The largest absolute Gasteiger partial charge is 0.495 e. The Morgan fingerprint density at radius 1 is 1.20 bits per heavy atom. The van der Waals surface area contributed by atoms with Crippen molar-refractivity contribution in [3.8, 4) is 5.75 Å². The average Bonchev–Trinajstić information content (AvgIpc) is 3.06. The maximum absolute atomic E-state index is 11.8. The van der Waals surface area contributed by atoms with Crippen molar-refractivity contribution in [3.05, 3.63) is 23.0 Å². The van der Waals surface area contributed by atoms with E-state index in [9.17, 15) is 4.79 Å². The molecule has 0 spiro atoms. The fraction of sp³-hybridized carbons (Fsp3) is 0.524. The number of carbonyl (C=O) groups is 1. The molecule has 1 aromatic carbocycles. The van der Waals surface area contributed by atoms with Crippen molar-refractivity contribution in [1.82, 2.24) is 19.6 Å². The van der Waals surface area contributed by atoms with Gasteiger partial charge in [0, 0.05) is 13.0 Å². The molecule has 0 atom stereocenters. The van der Waals surface area contributed by atoms with Gasteiger partial charge in [0.25, 0.3) is 0 Å². The van der Waals surface area contributed by atoms with E-state index < -0.39 is 5.60 Å². The van der Waals surface area contributed by atoms with Crippen LogP contribution < -0.4 is 10.1 Å². The Morgan fingerprint density at radius 2 is 1.97 bits per heavy atom. The van der Waals surface area contributed by atoms with E-state index in [0.29, 0.717) is 40.7 Å². The van der Waals surface area contributed by atoms with Crippen LogP contribution in [0.15, 0.2) is 12.1 Å². The zero-order valence-corrected chi connectivity index (χ0v) is 18.8. The molecule has 0 aliphatic rings. The summed E-state index contributed by atoms with van der Waals surface area (Å²) in [5, 5.41) is 12.2. The maximum Gasteiger partial charge on any atom is 0.306 e. The van der Waals surface area contributed by atoms with Crippen LogP contribution in [0.25, 0.3) is 16.7 Å². The van der Waals surface area contributed by atoms with Gasteiger partial charge in [0.05, 0.1) is 12.6 Å². The number of aromatic nitrogens is 4. The van der Waals surface area contributed by atoms with Gasteiger partial charge in [-0.3, -0.25) is 9.20 Å². The van der Waals surface area contributed by atoms with Crippen molar-refractivity contribution in [1.29, 1.82) is 0 Å². The number of nitrogens with one attached hydrogen (secondary N) is 1. The predicted molar refractivity (Wildman–Crippen MR) is 117 cm³/mol. The minimum atomic E-state index is -0.438. The van der Waals surface area contributed by atoms with Gasteiger partial charge in [-0.15, -0.1) is 10.2 Å². The second-order valence-electron chi connectivity index (χ2n) is 8.14. The number of methoxy groups -OCH3 is 1. The second kappa shape index (κ2) is 9.04. The van der Waals surface area contributed by atoms with Crippen LogP contribution in [0.2, 0.25) is 5.02 Å². The summed E-state index contributed by atoms with van der Waals surface area (Å²) >= 11 is 6.50. The molecule has 0 saturated carbocycles. The number of hydrogen-bond donors (Lipinski definition) is 1. The molecule has 0 unspecified atom stereocenters. The fourth-order valence-electron chi connectivity index (χ4n) is 3.24. The zero-order valence-electron chi connectivity index (χ0n) is 18.1. The highest BCUT2D eigenvalue weighted by Gasteiger charge is 2.17. The number of halogens is 1. The Balaban J connectivity index is 1.67. The molecule has 8 nitrogen and oxygen atoms in total. The lowest BCUT2D eigenvalue weighted by Crippen LogP contribution is -2.23. The summed E-state index contributed by atoms with van der Waals surface area (Å²) in [6.45, 7) is 8.20. The van der Waals surface area contributed by atoms with E-state index in [1.165, 1.54) is 0 Å². The monoisotopic (exact) mass is 433 g/mol. The van der Waals surface area contributed by atoms with Gasteiger partial charge in [0.15, 0.2) is 5.82 Å². The number of esters is 1. The smallest absolute Gasteiger partial charge is 0.306 e. The first-order chi connectivity index (χ1) is 14.2. The molecule has 162 valence electrons. The first-order valence-electron chi connectivity index (χ1n) is 10.0. The van der Waals surface area contributed by atoms with Gasteiger partial charge in [0.1, 0.15) is 27.7 Å². The molecular weight excluding hydrogens is 406 g/mol. The van der Waals surface area contributed by atoms with Crippen LogP contribution in [0, 0.1) is 6.92 Å². The summed E-state index contributed by atoms with van der Waals surface area (Å²) in [4.78, 5) is 16.5. The molecule has 1 N–H and O–H groups in total. The van der Waals surface area contributed by atoms with Crippen molar-refractivity contribution >= 4 is 40.1 Å². The van der Waals surface area contributed by atoms with Crippen LogP contribution in [0.3, 0.4) is 0 Å². The number of unbranched alkanes of at least 4 members (excludes halogenated alkanes) is 2. The molecule has 0 saturated heterocycles. The molecule has 9 heteroatoms. The average molecular weight is 434 g/mol. The summed E-state index contributed by atoms with van der Waals surface area (Å²) in [5.41, 5.74) is 1.65. The van der Waals surface area contributed by atoms with Crippen molar-refractivity contribution in [3.63, 3.8) is 0 Å². The number of rotatable bonds is 8. The Hall–Kier alpha value is -2.61. The standard InChI is InChI=1S/C21H28ClN5O3/c1-13-25-26-20-19(23-12-8-6-7-9-16(28)30-21(2,3)4)24-18-14(27(13)20)10-11-15(29-5)17(18)22/h10-11H,6-9,12H2,1-5H3,(H,23,24). The Kier molecular flexibility index (Phi) is 6.65. The number of anilines is 1. The number of nitrogens with zero attached hydrogens (tertiary/aromatic N) is 4. The number of hydrogen-bond acceptors (Lipinski definition) is 7. The van der Waals surface area contributed by atoms with E-state index in [2.05, 4.69) is 15.5 Å². The summed E-state index contributed by atoms with van der Waals surface area (Å²) in [6.07, 6.45) is 2.99. The van der Waals surface area contributed by atoms with Crippen LogP contribution in [-0.2, 0) is 9.53 Å². The van der Waals surface area contributed by atoms with Crippen LogP contribution in [0.1, 0.15) is 52.3 Å². The summed E-state index contributed by atoms with van der Waals surface area (Å²) in [5.74, 6) is 1.77. The normalized spacial score (nSPS) is 11.8. The minimum Gasteiger partial charge on any atom is -0.495 e. The van der Waals surface area contributed by atoms with E-state index in [0.717, 1.165) is 30.6 Å². The molecular formula is C21H28ClN5O3. The molecule has 2 heterocycles. The predicted octanol–water partition coefficient (Wildman–Crippen LogP) is 4.56. The Bertz CT molecular complexity index is 1060. The van der Waals surface area contributed by atoms with Crippen LogP contribution >= 0.6 is 11.6 Å². The number of ether oxygens (including phenoxy) is 2. The molecule has 3 rings (SSSR count). The van der Waals surface area contributed by atoms with Gasteiger partial charge < -0.3 is 14.8 Å². The van der Waals surface area contributed by atoms with Crippen molar-refractivity contribution in [2.24, 2.45) is 0 Å². The number of carbonyl (C=O) groups excluding carboxylic acids is 1. The maximum atomic E-state index is 11.8. The van der Waals surface area contributed by atoms with Gasteiger partial charge >= 0.3 is 5.97 Å². The number of fused-ring (bicyclic) bond motifs is 3. The molecule has 0 bridgehead atoms. The zero-order chi connectivity index (χ0) is 21.9. The topological polar surface area (TPSA) is 90.6 Å². The third-order valence-corrected chi connectivity index (χ3v) is 4.92. The van der Waals surface area contributed by atoms with Gasteiger partial charge in [-0.1, -0.05) is 18.0 Å². The second-order valence-corrected chi connectivity index (χ2v) is 8.52. The summed E-state index contributed by atoms with van der Waals surface area (Å²) < 4.78 is 12.6. The molecule has 0 fully saturated rings. The third-order valence-electron chi connectivity index (χ3n) is 4.55. The van der Waals surface area contributed by atoms with Gasteiger partial charge in [0.2, 0.25) is 5.65 Å². The molecule has 0 radical (unpaired) electrons. The van der Waals surface area contributed by atoms with E-state index in [4.69, 9.17) is 26.1 Å². The van der Waals surface area contributed by atoms with Crippen molar-refractivity contribution in [2.45, 2.75) is 59.0 Å². The number of benzene rings is 1. The minimum absolute atomic E-state index is 0.157. The van der Waals surface area contributed by atoms with E-state index in [1.807, 2.05) is 44.2 Å². The lowest BCUT2D eigenvalue weighted by Gasteiger charge is -2.19. The quantitative estimate of drug-likeness (QED) is 0.411. The Labute approximate surface area is 180 Å². The van der Waals surface area contributed by atoms with Crippen molar-refractivity contribution in [2.75, 3.05) is 19.0 Å². The SMILES string of the molecule is COc1ccc2c(nc(NCCCCCC(=O)OC(C)(C)C)c3nnc(C)n32)c1Cl. The lowest BCUT2D eigenvalue weighted by molar-refractivity contribution is -0.154. The first-order valence-corrected chi connectivity index (χ1v) is 10.4. The van der Waals surface area contributed by atoms with Crippen LogP contribution in [0.5, 0.6) is 5.75 Å². The van der Waals surface area contributed by atoms with Gasteiger partial charge in [-0.05, 0) is 52.7 Å². The van der Waals surface area contributed by atoms with E-state index >= 15 is 0 Å². The molecule has 0 aliphatic carbocycles. The highest BCUT2D eigenvalue weighted by atomic mass is 35.5. The molecule has 2 aromatic heterocycles. The molecule has 0 aliphatic heterocycles. The van der Waals surface area contributed by atoms with E-state index in [-0.39, 0.29) is 5.97 Å². The summed E-state index contributed by atoms with van der Waals surface area (Å²) in [7, 11) is 1.58. The molecule has 0 amide bonds. The lowest BCUT2D eigenvalue weighted by atomic mass is 10.1. The van der Waals surface area contributed by atoms with Crippen LogP contribution in [-0.4, -0.2) is 44.8 Å².